The zero-order valence-electron chi connectivity index (χ0n) is 16.7. The van der Waals surface area contributed by atoms with Gasteiger partial charge in [0.2, 0.25) is 5.96 Å². The summed E-state index contributed by atoms with van der Waals surface area (Å²) in [6, 6.07) is 9.80. The first-order valence-electron chi connectivity index (χ1n) is 9.27. The van der Waals surface area contributed by atoms with Gasteiger partial charge in [0.25, 0.3) is 5.91 Å². The summed E-state index contributed by atoms with van der Waals surface area (Å²) in [5.74, 6) is -2.78. The maximum atomic E-state index is 13.9. The van der Waals surface area contributed by atoms with E-state index in [-0.39, 0.29) is 23.4 Å². The molecule has 1 aromatic heterocycles. The van der Waals surface area contributed by atoms with Crippen LogP contribution in [0.5, 0.6) is 0 Å². The number of nitrogens with one attached hydrogen (secondary N) is 3. The van der Waals surface area contributed by atoms with Gasteiger partial charge in [-0.15, -0.1) is 0 Å². The molecular formula is C21H20F3N5O2. The zero-order valence-corrected chi connectivity index (χ0v) is 16.7. The molecule has 2 aromatic carbocycles. The van der Waals surface area contributed by atoms with Crippen LogP contribution in [0.4, 0.5) is 19.0 Å². The maximum absolute atomic E-state index is 13.9. The number of ether oxygens (including phenoxy) is 1. The van der Waals surface area contributed by atoms with Gasteiger partial charge in [-0.3, -0.25) is 9.89 Å². The lowest BCUT2D eigenvalue weighted by atomic mass is 10.1. The van der Waals surface area contributed by atoms with Crippen LogP contribution in [-0.2, 0) is 4.74 Å². The predicted octanol–water partition coefficient (Wildman–Crippen LogP) is 3.73. The standard InChI is InChI=1S/C21H20F3N5O2/c1-12(11-31-2)25-21(27-20(30)16-8-7-15(23)9-17(16)24)26-19-10-18(28-29-19)13-3-5-14(22)6-4-13/h3-10,12H,11H2,1-2H3,(H3,25,26,27,28,29,30)/t12-/m0/s1. The van der Waals surface area contributed by atoms with Gasteiger partial charge in [-0.25, -0.2) is 13.2 Å². The summed E-state index contributed by atoms with van der Waals surface area (Å²) < 4.78 is 45.3. The maximum Gasteiger partial charge on any atom is 0.283 e. The van der Waals surface area contributed by atoms with E-state index in [0.717, 1.165) is 12.1 Å². The second kappa shape index (κ2) is 9.90. The molecule has 3 aromatic rings. The third-order valence-corrected chi connectivity index (χ3v) is 4.15. The van der Waals surface area contributed by atoms with Crippen LogP contribution in [0.15, 0.2) is 53.5 Å². The lowest BCUT2D eigenvalue weighted by Crippen LogP contribution is -2.40. The van der Waals surface area contributed by atoms with Gasteiger partial charge in [0.05, 0.1) is 17.9 Å². The van der Waals surface area contributed by atoms with Gasteiger partial charge in [-0.1, -0.05) is 0 Å². The lowest BCUT2D eigenvalue weighted by molar-refractivity contribution is 0.0998. The molecule has 10 heteroatoms. The minimum atomic E-state index is -1.02. The van der Waals surface area contributed by atoms with Crippen molar-refractivity contribution < 1.29 is 22.7 Å². The Morgan fingerprint density at radius 3 is 2.52 bits per heavy atom. The normalized spacial score (nSPS) is 12.5. The number of hydrogen-bond acceptors (Lipinski definition) is 3. The number of methoxy groups -OCH3 is 1. The molecule has 31 heavy (non-hydrogen) atoms. The van der Waals surface area contributed by atoms with Crippen LogP contribution in [0, 0.1) is 17.5 Å². The van der Waals surface area contributed by atoms with Crippen molar-refractivity contribution in [3.8, 4) is 11.3 Å². The number of aromatic amines is 1. The summed E-state index contributed by atoms with van der Waals surface area (Å²) in [6.45, 7) is 2.10. The number of anilines is 1. The molecule has 7 nitrogen and oxygen atoms in total. The minimum Gasteiger partial charge on any atom is -0.383 e. The number of hydrogen-bond donors (Lipinski definition) is 3. The molecule has 3 N–H and O–H groups in total. The number of benzene rings is 2. The second-order valence-corrected chi connectivity index (χ2v) is 6.69. The summed E-state index contributed by atoms with van der Waals surface area (Å²) in [4.78, 5) is 16.3. The number of aromatic nitrogens is 2. The predicted molar refractivity (Wildman–Crippen MR) is 110 cm³/mol. The smallest absolute Gasteiger partial charge is 0.283 e. The molecule has 0 saturated heterocycles. The average Bonchev–Trinajstić information content (AvgIpc) is 3.17. The first kappa shape index (κ1) is 22.0. The highest BCUT2D eigenvalue weighted by Crippen LogP contribution is 2.20. The number of carbonyl (C=O) groups excluding carboxylic acids is 1. The van der Waals surface area contributed by atoms with Crippen LogP contribution in [0.1, 0.15) is 17.3 Å². The number of nitrogens with zero attached hydrogens (tertiary/aromatic N) is 2. The summed E-state index contributed by atoms with van der Waals surface area (Å²) >= 11 is 0. The number of halogens is 3. The second-order valence-electron chi connectivity index (χ2n) is 6.69. The Labute approximate surface area is 176 Å². The Kier molecular flexibility index (Phi) is 7.03. The third-order valence-electron chi connectivity index (χ3n) is 4.15. The van der Waals surface area contributed by atoms with E-state index in [1.54, 1.807) is 25.1 Å². The quantitative estimate of drug-likeness (QED) is 0.409. The Bertz CT molecular complexity index is 1080. The number of aliphatic imine (C=N–C) groups is 1. The molecule has 3 rings (SSSR count). The number of amides is 1. The van der Waals surface area contributed by atoms with E-state index in [9.17, 15) is 18.0 Å². The average molecular weight is 431 g/mol. The van der Waals surface area contributed by atoms with Crippen molar-refractivity contribution in [2.75, 3.05) is 19.0 Å². The topological polar surface area (TPSA) is 91.4 Å². The summed E-state index contributed by atoms with van der Waals surface area (Å²) in [5.41, 5.74) is 0.921. The fourth-order valence-corrected chi connectivity index (χ4v) is 2.73. The van der Waals surface area contributed by atoms with Crippen molar-refractivity contribution in [2.24, 2.45) is 4.99 Å². The lowest BCUT2D eigenvalue weighted by Gasteiger charge is -2.16. The Morgan fingerprint density at radius 2 is 1.84 bits per heavy atom. The monoisotopic (exact) mass is 431 g/mol. The molecule has 0 radical (unpaired) electrons. The number of carbonyl (C=O) groups is 1. The summed E-state index contributed by atoms with van der Waals surface area (Å²) in [7, 11) is 1.52. The van der Waals surface area contributed by atoms with Crippen LogP contribution in [0.25, 0.3) is 11.3 Å². The number of H-pyrrole nitrogens is 1. The van der Waals surface area contributed by atoms with Crippen LogP contribution in [-0.4, -0.2) is 41.8 Å². The van der Waals surface area contributed by atoms with Gasteiger partial charge in [0.1, 0.15) is 17.5 Å². The molecule has 1 heterocycles. The molecule has 0 aliphatic rings. The molecule has 0 spiro atoms. The van der Waals surface area contributed by atoms with Crippen molar-refractivity contribution in [2.45, 2.75) is 13.0 Å². The van der Waals surface area contributed by atoms with Crippen LogP contribution in [0.3, 0.4) is 0 Å². The first-order valence-corrected chi connectivity index (χ1v) is 9.27. The molecule has 0 aliphatic heterocycles. The van der Waals surface area contributed by atoms with E-state index in [2.05, 4.69) is 25.8 Å². The number of rotatable bonds is 6. The number of guanidine groups is 1. The minimum absolute atomic E-state index is 0.00423. The Balaban J connectivity index is 1.84. The van der Waals surface area contributed by atoms with Crippen molar-refractivity contribution >= 4 is 17.7 Å². The van der Waals surface area contributed by atoms with Gasteiger partial charge in [0.15, 0.2) is 5.82 Å². The third kappa shape index (κ3) is 5.92. The molecule has 0 saturated carbocycles. The molecule has 1 atom stereocenters. The zero-order chi connectivity index (χ0) is 22.4. The van der Waals surface area contributed by atoms with Crippen LogP contribution >= 0.6 is 0 Å². The highest BCUT2D eigenvalue weighted by atomic mass is 19.1. The van der Waals surface area contributed by atoms with E-state index in [4.69, 9.17) is 4.74 Å². The van der Waals surface area contributed by atoms with Gasteiger partial charge < -0.3 is 15.4 Å². The molecule has 0 fully saturated rings. The van der Waals surface area contributed by atoms with E-state index < -0.39 is 17.5 Å². The van der Waals surface area contributed by atoms with Gasteiger partial charge in [-0.2, -0.15) is 10.1 Å². The molecule has 0 aliphatic carbocycles. The fourth-order valence-electron chi connectivity index (χ4n) is 2.73. The van der Waals surface area contributed by atoms with Crippen LogP contribution < -0.4 is 10.6 Å². The molecule has 1 amide bonds. The van der Waals surface area contributed by atoms with Crippen molar-refractivity contribution in [1.82, 2.24) is 15.5 Å². The molecular weight excluding hydrogens is 411 g/mol. The Hall–Kier alpha value is -3.66. The van der Waals surface area contributed by atoms with Crippen LogP contribution in [0.2, 0.25) is 0 Å². The highest BCUT2D eigenvalue weighted by Gasteiger charge is 2.15. The van der Waals surface area contributed by atoms with E-state index in [0.29, 0.717) is 29.7 Å². The first-order chi connectivity index (χ1) is 14.9. The van der Waals surface area contributed by atoms with E-state index in [1.807, 2.05) is 0 Å². The highest BCUT2D eigenvalue weighted by molar-refractivity contribution is 6.06. The summed E-state index contributed by atoms with van der Waals surface area (Å²) in [5, 5.41) is 12.7. The fraction of sp³-hybridized carbons (Fsp3) is 0.190. The van der Waals surface area contributed by atoms with Gasteiger partial charge in [-0.05, 0) is 48.9 Å². The Morgan fingerprint density at radius 1 is 1.13 bits per heavy atom. The largest absolute Gasteiger partial charge is 0.383 e. The van der Waals surface area contributed by atoms with E-state index >= 15 is 0 Å². The SMILES string of the molecule is COC[C@H](C)N/C(=N/C(=O)c1ccc(F)cc1F)Nc1cc(-c2ccc(F)cc2)[nH]n1. The van der Waals surface area contributed by atoms with Crippen molar-refractivity contribution in [1.29, 1.82) is 0 Å². The molecule has 0 unspecified atom stereocenters. The van der Waals surface area contributed by atoms with Gasteiger partial charge >= 0.3 is 0 Å². The van der Waals surface area contributed by atoms with E-state index in [1.165, 1.54) is 19.2 Å². The molecule has 0 bridgehead atoms. The van der Waals surface area contributed by atoms with Crippen molar-refractivity contribution in [3.63, 3.8) is 0 Å². The van der Waals surface area contributed by atoms with Crippen molar-refractivity contribution in [3.05, 3.63) is 71.5 Å². The van der Waals surface area contributed by atoms with Gasteiger partial charge in [0, 0.05) is 25.3 Å². The summed E-state index contributed by atoms with van der Waals surface area (Å²) in [6.07, 6.45) is 0. The molecule has 162 valence electrons.